The molecule has 6 heteroatoms. The molecule has 0 saturated carbocycles. The highest BCUT2D eigenvalue weighted by molar-refractivity contribution is 7.99. The predicted octanol–water partition coefficient (Wildman–Crippen LogP) is 3.56. The Labute approximate surface area is 151 Å². The molecule has 1 atom stereocenters. The van der Waals surface area contributed by atoms with Gasteiger partial charge in [0.25, 0.3) is 0 Å². The van der Waals surface area contributed by atoms with Crippen LogP contribution in [0.5, 0.6) is 0 Å². The van der Waals surface area contributed by atoms with Crippen LogP contribution in [0.1, 0.15) is 11.6 Å². The van der Waals surface area contributed by atoms with E-state index in [1.165, 1.54) is 9.79 Å². The second-order valence-corrected chi connectivity index (χ2v) is 7.27. The van der Waals surface area contributed by atoms with Crippen molar-refractivity contribution in [3.8, 4) is 0 Å². The van der Waals surface area contributed by atoms with Crippen molar-refractivity contribution >= 4 is 23.1 Å². The summed E-state index contributed by atoms with van der Waals surface area (Å²) in [6.45, 7) is 4.71. The average Bonchev–Trinajstić information content (AvgIpc) is 2.91. The van der Waals surface area contributed by atoms with E-state index < -0.39 is 6.10 Å². The second-order valence-electron chi connectivity index (χ2n) is 6.19. The summed E-state index contributed by atoms with van der Waals surface area (Å²) in [6.07, 6.45) is -0.552. The van der Waals surface area contributed by atoms with Gasteiger partial charge in [-0.2, -0.15) is 5.10 Å². The number of aliphatic hydroxyl groups excluding tert-OH is 1. The summed E-state index contributed by atoms with van der Waals surface area (Å²) >= 11 is 1.77. The fourth-order valence-corrected chi connectivity index (χ4v) is 4.28. The van der Waals surface area contributed by atoms with Crippen molar-refractivity contribution in [3.05, 3.63) is 60.2 Å². The number of fused-ring (bicyclic) bond motifs is 2. The number of hydrogen-bond donors (Lipinski definition) is 1. The third-order valence-electron chi connectivity index (χ3n) is 4.27. The van der Waals surface area contributed by atoms with E-state index in [4.69, 9.17) is 0 Å². The van der Waals surface area contributed by atoms with Gasteiger partial charge >= 0.3 is 0 Å². The van der Waals surface area contributed by atoms with Gasteiger partial charge in [-0.1, -0.05) is 36.0 Å². The number of para-hydroxylation sites is 2. The molecule has 25 heavy (non-hydrogen) atoms. The van der Waals surface area contributed by atoms with E-state index in [1.807, 2.05) is 26.0 Å². The Morgan fingerprint density at radius 3 is 2.12 bits per heavy atom. The van der Waals surface area contributed by atoms with Gasteiger partial charge in [0.05, 0.1) is 30.6 Å². The molecule has 0 bridgehead atoms. The molecule has 0 unspecified atom stereocenters. The molecule has 0 fully saturated rings. The van der Waals surface area contributed by atoms with Gasteiger partial charge < -0.3 is 10.0 Å². The number of aryl methyl sites for hydroxylation is 2. The van der Waals surface area contributed by atoms with Crippen molar-refractivity contribution in [2.24, 2.45) is 0 Å². The number of β-amino-alcohol motifs (C(OH)–C–C–N with tert-alkyl or cyclic N) is 1. The van der Waals surface area contributed by atoms with Crippen molar-refractivity contribution < 1.29 is 5.11 Å². The molecule has 0 amide bonds. The first-order valence-corrected chi connectivity index (χ1v) is 9.13. The third kappa shape index (κ3) is 3.15. The summed E-state index contributed by atoms with van der Waals surface area (Å²) in [5.74, 6) is 1.56. The van der Waals surface area contributed by atoms with E-state index in [0.29, 0.717) is 13.1 Å². The molecule has 2 aromatic carbocycles. The number of anilines is 2. The molecule has 0 radical (unpaired) electrons. The van der Waals surface area contributed by atoms with E-state index in [9.17, 15) is 5.11 Å². The highest BCUT2D eigenvalue weighted by atomic mass is 32.2. The summed E-state index contributed by atoms with van der Waals surface area (Å²) in [5.41, 5.74) is 2.27. The predicted molar refractivity (Wildman–Crippen MR) is 99.5 cm³/mol. The summed E-state index contributed by atoms with van der Waals surface area (Å²) in [4.78, 5) is 8.92. The number of hydrogen-bond acceptors (Lipinski definition) is 5. The summed E-state index contributed by atoms with van der Waals surface area (Å²) in [6, 6.07) is 16.6. The van der Waals surface area contributed by atoms with Gasteiger partial charge in [0.1, 0.15) is 11.6 Å². The molecule has 5 nitrogen and oxygen atoms in total. The topological polar surface area (TPSA) is 54.2 Å². The molecule has 128 valence electrons. The highest BCUT2D eigenvalue weighted by Gasteiger charge is 2.25. The molecule has 3 aromatic rings. The fourth-order valence-electron chi connectivity index (χ4n) is 3.18. The zero-order valence-corrected chi connectivity index (χ0v) is 15.1. The molecule has 4 rings (SSSR count). The minimum absolute atomic E-state index is 0.431. The number of aromatic nitrogens is 3. The van der Waals surface area contributed by atoms with Crippen LogP contribution in [-0.2, 0) is 6.54 Å². The van der Waals surface area contributed by atoms with E-state index in [1.54, 1.807) is 16.4 Å². The third-order valence-corrected chi connectivity index (χ3v) is 5.40. The molecule has 2 heterocycles. The van der Waals surface area contributed by atoms with Crippen molar-refractivity contribution in [2.75, 3.05) is 11.4 Å². The van der Waals surface area contributed by atoms with Crippen LogP contribution in [0.4, 0.5) is 11.4 Å². The number of benzene rings is 2. The molecule has 1 aliphatic rings. The maximum absolute atomic E-state index is 10.7. The minimum Gasteiger partial charge on any atom is -0.389 e. The molecular weight excluding hydrogens is 332 g/mol. The lowest BCUT2D eigenvalue weighted by molar-refractivity contribution is 0.155. The summed E-state index contributed by atoms with van der Waals surface area (Å²) in [5, 5.41) is 15.1. The first-order chi connectivity index (χ1) is 12.1. The first-order valence-electron chi connectivity index (χ1n) is 8.31. The monoisotopic (exact) mass is 352 g/mol. The van der Waals surface area contributed by atoms with Crippen molar-refractivity contribution in [3.63, 3.8) is 0 Å². The Kier molecular flexibility index (Phi) is 4.23. The van der Waals surface area contributed by atoms with Gasteiger partial charge in [-0.15, -0.1) is 0 Å². The van der Waals surface area contributed by atoms with E-state index in [2.05, 4.69) is 51.4 Å². The Morgan fingerprint density at radius 2 is 1.56 bits per heavy atom. The van der Waals surface area contributed by atoms with Crippen molar-refractivity contribution in [1.82, 2.24) is 14.8 Å². The van der Waals surface area contributed by atoms with Gasteiger partial charge in [-0.3, -0.25) is 0 Å². The molecule has 0 aliphatic carbocycles. The zero-order valence-electron chi connectivity index (χ0n) is 14.3. The van der Waals surface area contributed by atoms with Gasteiger partial charge in [-0.05, 0) is 38.1 Å². The lowest BCUT2D eigenvalue weighted by atomic mass is 10.2. The van der Waals surface area contributed by atoms with Crippen LogP contribution in [0.2, 0.25) is 0 Å². The van der Waals surface area contributed by atoms with Gasteiger partial charge in [0.2, 0.25) is 0 Å². The normalized spacial score (nSPS) is 14.1. The van der Waals surface area contributed by atoms with E-state index in [-0.39, 0.29) is 0 Å². The van der Waals surface area contributed by atoms with Crippen molar-refractivity contribution in [2.45, 2.75) is 36.3 Å². The van der Waals surface area contributed by atoms with E-state index >= 15 is 0 Å². The van der Waals surface area contributed by atoms with Crippen LogP contribution < -0.4 is 4.90 Å². The maximum atomic E-state index is 10.7. The fraction of sp³-hybridized carbons (Fsp3) is 0.263. The zero-order chi connectivity index (χ0) is 17.4. The van der Waals surface area contributed by atoms with E-state index in [0.717, 1.165) is 23.0 Å². The number of nitrogens with zero attached hydrogens (tertiary/aromatic N) is 4. The summed E-state index contributed by atoms with van der Waals surface area (Å²) < 4.78 is 1.77. The van der Waals surface area contributed by atoms with Gasteiger partial charge in [0.15, 0.2) is 0 Å². The minimum atomic E-state index is -0.552. The quantitative estimate of drug-likeness (QED) is 0.778. The molecule has 0 saturated heterocycles. The Morgan fingerprint density at radius 1 is 0.960 bits per heavy atom. The van der Waals surface area contributed by atoms with Crippen molar-refractivity contribution in [1.29, 1.82) is 0 Å². The molecule has 1 N–H and O–H groups in total. The van der Waals surface area contributed by atoms with Crippen LogP contribution in [0, 0.1) is 13.8 Å². The highest BCUT2D eigenvalue weighted by Crippen LogP contribution is 2.47. The second kappa shape index (κ2) is 6.54. The SMILES string of the molecule is Cc1nc(C)n(C[C@H](O)CN2c3ccccc3Sc3ccccc32)n1. The number of rotatable bonds is 4. The first kappa shape index (κ1) is 16.2. The smallest absolute Gasteiger partial charge is 0.147 e. The largest absolute Gasteiger partial charge is 0.389 e. The maximum Gasteiger partial charge on any atom is 0.147 e. The van der Waals surface area contributed by atoms with Crippen LogP contribution in [0.15, 0.2) is 58.3 Å². The average molecular weight is 352 g/mol. The van der Waals surface area contributed by atoms with Crippen LogP contribution in [0.25, 0.3) is 0 Å². The molecule has 0 spiro atoms. The Balaban J connectivity index is 1.62. The Bertz CT molecular complexity index is 862. The van der Waals surface area contributed by atoms with Crippen LogP contribution >= 0.6 is 11.8 Å². The van der Waals surface area contributed by atoms with Crippen LogP contribution in [-0.4, -0.2) is 32.5 Å². The standard InChI is InChI=1S/C19H20N4OS/c1-13-20-14(2)23(21-13)12-15(24)11-22-16-7-3-5-9-18(16)25-19-10-6-4-8-17(19)22/h3-10,15,24H,11-12H2,1-2H3/t15-/m1/s1. The number of aliphatic hydroxyl groups is 1. The van der Waals surface area contributed by atoms with Crippen LogP contribution in [0.3, 0.4) is 0 Å². The lowest BCUT2D eigenvalue weighted by Crippen LogP contribution is -2.33. The molecular formula is C19H20N4OS. The van der Waals surface area contributed by atoms with Gasteiger partial charge in [-0.25, -0.2) is 9.67 Å². The molecule has 1 aliphatic heterocycles. The molecule has 1 aromatic heterocycles. The van der Waals surface area contributed by atoms with Gasteiger partial charge in [0, 0.05) is 9.79 Å². The Hall–Kier alpha value is -2.31. The summed E-state index contributed by atoms with van der Waals surface area (Å²) in [7, 11) is 0. The lowest BCUT2D eigenvalue weighted by Gasteiger charge is -2.34.